The van der Waals surface area contributed by atoms with Crippen molar-refractivity contribution in [1.82, 2.24) is 4.98 Å². The number of pyridine rings is 1. The fourth-order valence-electron chi connectivity index (χ4n) is 3.51. The van der Waals surface area contributed by atoms with E-state index in [-0.39, 0.29) is 22.2 Å². The second-order valence-corrected chi connectivity index (χ2v) is 8.75. The number of sulfonamides is 1. The van der Waals surface area contributed by atoms with Gasteiger partial charge in [0, 0.05) is 42.3 Å². The monoisotopic (exact) mass is 438 g/mol. The normalized spacial score (nSPS) is 13.0. The van der Waals surface area contributed by atoms with E-state index in [0.717, 1.165) is 11.6 Å². The SMILES string of the molecule is Cc1ccc([N+](=O)[O-])cc1S(=O)(=O)Nc1ccc2c(c1)N(C(=O)c1ccncc1)CC2. The van der Waals surface area contributed by atoms with Crippen LogP contribution in [-0.4, -0.2) is 30.8 Å². The van der Waals surface area contributed by atoms with Crippen LogP contribution in [0, 0.1) is 17.0 Å². The number of hydrogen-bond acceptors (Lipinski definition) is 6. The van der Waals surface area contributed by atoms with Crippen LogP contribution < -0.4 is 9.62 Å². The van der Waals surface area contributed by atoms with Gasteiger partial charge in [-0.05, 0) is 48.7 Å². The van der Waals surface area contributed by atoms with Crippen LogP contribution in [0.2, 0.25) is 0 Å². The number of nitrogens with one attached hydrogen (secondary N) is 1. The quantitative estimate of drug-likeness (QED) is 0.482. The standard InChI is InChI=1S/C21H18N4O5S/c1-14-2-5-18(25(27)28)13-20(14)31(29,30)23-17-4-3-15-8-11-24(19(15)12-17)21(26)16-6-9-22-10-7-16/h2-7,9-10,12-13,23H,8,11H2,1H3. The van der Waals surface area contributed by atoms with Crippen molar-refractivity contribution in [3.63, 3.8) is 0 Å². The first kappa shape index (κ1) is 20.5. The Bertz CT molecular complexity index is 1290. The van der Waals surface area contributed by atoms with E-state index in [1.807, 2.05) is 0 Å². The first-order chi connectivity index (χ1) is 14.8. The van der Waals surface area contributed by atoms with Crippen LogP contribution >= 0.6 is 0 Å². The topological polar surface area (TPSA) is 123 Å². The van der Waals surface area contributed by atoms with Gasteiger partial charge in [-0.1, -0.05) is 12.1 Å². The predicted molar refractivity (Wildman–Crippen MR) is 115 cm³/mol. The van der Waals surface area contributed by atoms with Crippen LogP contribution in [0.5, 0.6) is 0 Å². The molecule has 0 spiro atoms. The molecule has 1 aliphatic heterocycles. The van der Waals surface area contributed by atoms with Gasteiger partial charge < -0.3 is 4.90 Å². The predicted octanol–water partition coefficient (Wildman–Crippen LogP) is 3.30. The summed E-state index contributed by atoms with van der Waals surface area (Å²) in [4.78, 5) is 28.6. The van der Waals surface area contributed by atoms with Gasteiger partial charge in [-0.3, -0.25) is 24.6 Å². The van der Waals surface area contributed by atoms with Gasteiger partial charge in [0.15, 0.2) is 0 Å². The summed E-state index contributed by atoms with van der Waals surface area (Å²) in [6, 6.07) is 11.9. The minimum atomic E-state index is -4.07. The molecular weight excluding hydrogens is 420 g/mol. The fourth-order valence-corrected chi connectivity index (χ4v) is 4.82. The molecule has 0 bridgehead atoms. The molecule has 0 fully saturated rings. The molecule has 0 unspecified atom stereocenters. The van der Waals surface area contributed by atoms with Crippen molar-refractivity contribution in [2.45, 2.75) is 18.2 Å². The first-order valence-electron chi connectivity index (χ1n) is 9.39. The lowest BCUT2D eigenvalue weighted by molar-refractivity contribution is -0.385. The summed E-state index contributed by atoms with van der Waals surface area (Å²) < 4.78 is 28.3. The number of aryl methyl sites for hydroxylation is 1. The van der Waals surface area contributed by atoms with E-state index in [0.29, 0.717) is 29.8 Å². The Balaban J connectivity index is 1.65. The van der Waals surface area contributed by atoms with Crippen LogP contribution in [0.4, 0.5) is 17.1 Å². The maximum absolute atomic E-state index is 12.9. The Morgan fingerprint density at radius 3 is 2.58 bits per heavy atom. The number of fused-ring (bicyclic) bond motifs is 1. The van der Waals surface area contributed by atoms with Gasteiger partial charge in [-0.15, -0.1) is 0 Å². The van der Waals surface area contributed by atoms with Crippen molar-refractivity contribution in [2.75, 3.05) is 16.2 Å². The molecule has 2 heterocycles. The van der Waals surface area contributed by atoms with Crippen LogP contribution in [0.1, 0.15) is 21.5 Å². The Morgan fingerprint density at radius 1 is 1.13 bits per heavy atom. The molecule has 158 valence electrons. The molecule has 0 aliphatic carbocycles. The number of carbonyl (C=O) groups is 1. The minimum absolute atomic E-state index is 0.174. The van der Waals surface area contributed by atoms with E-state index in [1.165, 1.54) is 24.5 Å². The molecule has 31 heavy (non-hydrogen) atoms. The lowest BCUT2D eigenvalue weighted by Crippen LogP contribution is -2.28. The molecule has 1 N–H and O–H groups in total. The Labute approximate surface area is 178 Å². The van der Waals surface area contributed by atoms with Crippen molar-refractivity contribution < 1.29 is 18.1 Å². The molecule has 3 aromatic rings. The number of amides is 1. The molecule has 10 heteroatoms. The highest BCUT2D eigenvalue weighted by Gasteiger charge is 2.27. The second-order valence-electron chi connectivity index (χ2n) is 7.10. The molecule has 0 saturated carbocycles. The van der Waals surface area contributed by atoms with Crippen molar-refractivity contribution in [1.29, 1.82) is 0 Å². The van der Waals surface area contributed by atoms with Gasteiger partial charge in [0.2, 0.25) is 0 Å². The molecule has 1 amide bonds. The number of benzene rings is 2. The van der Waals surface area contributed by atoms with Crippen molar-refractivity contribution in [3.05, 3.63) is 87.7 Å². The molecule has 1 aromatic heterocycles. The smallest absolute Gasteiger partial charge is 0.270 e. The zero-order valence-corrected chi connectivity index (χ0v) is 17.3. The fraction of sp³-hybridized carbons (Fsp3) is 0.143. The minimum Gasteiger partial charge on any atom is -0.308 e. The van der Waals surface area contributed by atoms with Crippen molar-refractivity contribution >= 4 is 33.0 Å². The number of non-ortho nitro benzene ring substituents is 1. The zero-order valence-electron chi connectivity index (χ0n) is 16.5. The highest BCUT2D eigenvalue weighted by molar-refractivity contribution is 7.92. The summed E-state index contributed by atoms with van der Waals surface area (Å²) in [5.74, 6) is -0.198. The maximum atomic E-state index is 12.9. The van der Waals surface area contributed by atoms with Crippen molar-refractivity contribution in [3.8, 4) is 0 Å². The molecule has 0 atom stereocenters. The Hall–Kier alpha value is -3.79. The van der Waals surface area contributed by atoms with E-state index in [9.17, 15) is 23.3 Å². The lowest BCUT2D eigenvalue weighted by atomic mass is 10.1. The molecule has 9 nitrogen and oxygen atoms in total. The third-order valence-corrected chi connectivity index (χ3v) is 6.60. The lowest BCUT2D eigenvalue weighted by Gasteiger charge is -2.18. The van der Waals surface area contributed by atoms with E-state index in [1.54, 1.807) is 42.2 Å². The number of anilines is 2. The van der Waals surface area contributed by atoms with E-state index in [4.69, 9.17) is 0 Å². The van der Waals surface area contributed by atoms with E-state index in [2.05, 4.69) is 9.71 Å². The van der Waals surface area contributed by atoms with Gasteiger partial charge in [0.25, 0.3) is 21.6 Å². The highest BCUT2D eigenvalue weighted by Crippen LogP contribution is 2.33. The summed E-state index contributed by atoms with van der Waals surface area (Å²) in [5.41, 5.74) is 2.37. The Morgan fingerprint density at radius 2 is 1.87 bits per heavy atom. The largest absolute Gasteiger partial charge is 0.308 e. The third kappa shape index (κ3) is 3.97. The number of nitro groups is 1. The van der Waals surface area contributed by atoms with Crippen LogP contribution in [0.25, 0.3) is 0 Å². The van der Waals surface area contributed by atoms with Gasteiger partial charge in [-0.25, -0.2) is 8.42 Å². The summed E-state index contributed by atoms with van der Waals surface area (Å²) in [6.45, 7) is 2.05. The zero-order chi connectivity index (χ0) is 22.2. The van der Waals surface area contributed by atoms with Crippen LogP contribution in [0.15, 0.2) is 65.8 Å². The van der Waals surface area contributed by atoms with Crippen LogP contribution in [0.3, 0.4) is 0 Å². The van der Waals surface area contributed by atoms with E-state index < -0.39 is 14.9 Å². The first-order valence-corrected chi connectivity index (χ1v) is 10.9. The molecule has 0 radical (unpaired) electrons. The number of nitrogens with zero attached hydrogens (tertiary/aromatic N) is 3. The molecular formula is C21H18N4O5S. The van der Waals surface area contributed by atoms with E-state index >= 15 is 0 Å². The van der Waals surface area contributed by atoms with Gasteiger partial charge in [-0.2, -0.15) is 0 Å². The summed E-state index contributed by atoms with van der Waals surface area (Å²) in [7, 11) is -4.07. The molecule has 0 saturated heterocycles. The van der Waals surface area contributed by atoms with Crippen molar-refractivity contribution in [2.24, 2.45) is 0 Å². The number of aromatic nitrogens is 1. The highest BCUT2D eigenvalue weighted by atomic mass is 32.2. The summed E-state index contributed by atoms with van der Waals surface area (Å²) in [6.07, 6.45) is 3.73. The number of nitro benzene ring substituents is 1. The van der Waals surface area contributed by atoms with Gasteiger partial charge in [0.05, 0.1) is 15.5 Å². The summed E-state index contributed by atoms with van der Waals surface area (Å²) >= 11 is 0. The molecule has 1 aliphatic rings. The molecule has 4 rings (SSSR count). The summed E-state index contributed by atoms with van der Waals surface area (Å²) in [5, 5.41) is 11.0. The third-order valence-electron chi connectivity index (χ3n) is 5.08. The Kier molecular flexibility index (Phi) is 5.15. The second kappa shape index (κ2) is 7.80. The molecule has 2 aromatic carbocycles. The number of carbonyl (C=O) groups excluding carboxylic acids is 1. The number of rotatable bonds is 5. The van der Waals surface area contributed by atoms with Crippen LogP contribution in [-0.2, 0) is 16.4 Å². The maximum Gasteiger partial charge on any atom is 0.270 e. The average molecular weight is 438 g/mol. The van der Waals surface area contributed by atoms with Gasteiger partial charge >= 0.3 is 0 Å². The van der Waals surface area contributed by atoms with Gasteiger partial charge in [0.1, 0.15) is 0 Å². The number of hydrogen-bond donors (Lipinski definition) is 1. The average Bonchev–Trinajstić information content (AvgIpc) is 3.16.